The molecule has 0 fully saturated rings. The van der Waals surface area contributed by atoms with Crippen LogP contribution in [-0.4, -0.2) is 12.6 Å². The third-order valence-electron chi connectivity index (χ3n) is 4.41. The molecule has 24 heavy (non-hydrogen) atoms. The van der Waals surface area contributed by atoms with E-state index in [0.29, 0.717) is 12.2 Å². The number of hydrogen-bond acceptors (Lipinski definition) is 4. The highest BCUT2D eigenvalue weighted by molar-refractivity contribution is 7.14. The second-order valence-electron chi connectivity index (χ2n) is 5.77. The summed E-state index contributed by atoms with van der Waals surface area (Å²) in [6.07, 6.45) is 0.839. The quantitative estimate of drug-likeness (QED) is 0.434. The third kappa shape index (κ3) is 2.22. The minimum absolute atomic E-state index is 0.273. The number of benzene rings is 2. The molecule has 0 saturated heterocycles. The smallest absolute Gasteiger partial charge is 0.339 e. The van der Waals surface area contributed by atoms with Gasteiger partial charge >= 0.3 is 5.97 Å². The third-order valence-corrected chi connectivity index (χ3v) is 5.36. The van der Waals surface area contributed by atoms with Crippen molar-refractivity contribution in [2.75, 3.05) is 12.3 Å². The Hall–Kier alpha value is -2.59. The van der Waals surface area contributed by atoms with Crippen molar-refractivity contribution in [2.45, 2.75) is 13.3 Å². The van der Waals surface area contributed by atoms with Gasteiger partial charge in [-0.05, 0) is 46.7 Å². The van der Waals surface area contributed by atoms with Gasteiger partial charge in [0.05, 0.1) is 12.2 Å². The monoisotopic (exact) mass is 335 g/mol. The Morgan fingerprint density at radius 3 is 2.83 bits per heavy atom. The summed E-state index contributed by atoms with van der Waals surface area (Å²) in [5, 5.41) is 1.94. The lowest BCUT2D eigenvalue weighted by Gasteiger charge is -2.12. The predicted molar refractivity (Wildman–Crippen MR) is 98.4 cm³/mol. The topological polar surface area (TPSA) is 52.3 Å². The Balaban J connectivity index is 1.93. The number of ether oxygens (including phenoxy) is 1. The second kappa shape index (κ2) is 5.80. The standard InChI is InChI=1S/C20H17NO2S/c1-2-23-20(22)15-9-10-24-19(15)14-7-8-17(21)16-11-12-5-3-4-6-13(12)18(14)16/h3-10H,2,11,21H2,1H3. The minimum Gasteiger partial charge on any atom is -0.462 e. The summed E-state index contributed by atoms with van der Waals surface area (Å²) < 4.78 is 5.20. The summed E-state index contributed by atoms with van der Waals surface area (Å²) in [7, 11) is 0. The van der Waals surface area contributed by atoms with Crippen LogP contribution in [0.1, 0.15) is 28.4 Å². The van der Waals surface area contributed by atoms with Crippen LogP contribution in [0.5, 0.6) is 0 Å². The van der Waals surface area contributed by atoms with E-state index in [9.17, 15) is 4.79 Å². The van der Waals surface area contributed by atoms with Crippen LogP contribution in [0.25, 0.3) is 21.6 Å². The maximum absolute atomic E-state index is 12.3. The molecule has 0 bridgehead atoms. The molecular formula is C20H17NO2S. The molecule has 0 radical (unpaired) electrons. The van der Waals surface area contributed by atoms with Gasteiger partial charge in [-0.3, -0.25) is 0 Å². The molecule has 3 nitrogen and oxygen atoms in total. The molecule has 1 heterocycles. The van der Waals surface area contributed by atoms with E-state index in [-0.39, 0.29) is 5.97 Å². The van der Waals surface area contributed by atoms with Gasteiger partial charge in [0.2, 0.25) is 0 Å². The van der Waals surface area contributed by atoms with E-state index >= 15 is 0 Å². The van der Waals surface area contributed by atoms with Crippen LogP contribution in [0.3, 0.4) is 0 Å². The number of fused-ring (bicyclic) bond motifs is 3. The van der Waals surface area contributed by atoms with Gasteiger partial charge in [0.25, 0.3) is 0 Å². The van der Waals surface area contributed by atoms with E-state index in [1.54, 1.807) is 11.3 Å². The fraction of sp³-hybridized carbons (Fsp3) is 0.150. The Morgan fingerprint density at radius 2 is 2.00 bits per heavy atom. The molecule has 1 aromatic heterocycles. The Morgan fingerprint density at radius 1 is 1.17 bits per heavy atom. The number of anilines is 1. The average molecular weight is 335 g/mol. The summed E-state index contributed by atoms with van der Waals surface area (Å²) in [5.74, 6) is -0.273. The van der Waals surface area contributed by atoms with Gasteiger partial charge < -0.3 is 10.5 Å². The molecule has 0 aliphatic heterocycles. The van der Waals surface area contributed by atoms with Gasteiger partial charge in [0, 0.05) is 22.5 Å². The van der Waals surface area contributed by atoms with Crippen LogP contribution in [-0.2, 0) is 11.2 Å². The predicted octanol–water partition coefficient (Wildman–Crippen LogP) is 4.75. The van der Waals surface area contributed by atoms with Crippen molar-refractivity contribution < 1.29 is 9.53 Å². The molecule has 120 valence electrons. The van der Waals surface area contributed by atoms with E-state index in [2.05, 4.69) is 18.2 Å². The van der Waals surface area contributed by atoms with Crippen LogP contribution in [0.15, 0.2) is 47.8 Å². The van der Waals surface area contributed by atoms with Crippen LogP contribution in [0.4, 0.5) is 5.69 Å². The maximum atomic E-state index is 12.3. The van der Waals surface area contributed by atoms with Crippen molar-refractivity contribution in [3.63, 3.8) is 0 Å². The van der Waals surface area contributed by atoms with Crippen molar-refractivity contribution in [2.24, 2.45) is 0 Å². The van der Waals surface area contributed by atoms with Crippen molar-refractivity contribution in [1.82, 2.24) is 0 Å². The molecule has 0 saturated carbocycles. The molecule has 0 unspecified atom stereocenters. The van der Waals surface area contributed by atoms with Crippen molar-refractivity contribution in [3.8, 4) is 21.6 Å². The number of esters is 1. The highest BCUT2D eigenvalue weighted by Gasteiger charge is 2.26. The maximum Gasteiger partial charge on any atom is 0.339 e. The first kappa shape index (κ1) is 15.0. The zero-order valence-electron chi connectivity index (χ0n) is 13.3. The first-order valence-electron chi connectivity index (χ1n) is 7.95. The zero-order valence-corrected chi connectivity index (χ0v) is 14.2. The summed E-state index contributed by atoms with van der Waals surface area (Å²) in [4.78, 5) is 13.2. The summed E-state index contributed by atoms with van der Waals surface area (Å²) in [6.45, 7) is 2.19. The fourth-order valence-electron chi connectivity index (χ4n) is 3.35. The molecule has 1 aliphatic rings. The second-order valence-corrected chi connectivity index (χ2v) is 6.69. The van der Waals surface area contributed by atoms with E-state index in [0.717, 1.165) is 33.7 Å². The van der Waals surface area contributed by atoms with Gasteiger partial charge in [-0.15, -0.1) is 11.3 Å². The summed E-state index contributed by atoms with van der Waals surface area (Å²) >= 11 is 1.56. The number of hydrogen-bond donors (Lipinski definition) is 1. The number of carbonyl (C=O) groups is 1. The molecule has 3 aromatic rings. The lowest BCUT2D eigenvalue weighted by molar-refractivity contribution is 0.0528. The molecule has 0 atom stereocenters. The zero-order chi connectivity index (χ0) is 16.7. The minimum atomic E-state index is -0.273. The van der Waals surface area contributed by atoms with Crippen LogP contribution in [0.2, 0.25) is 0 Å². The average Bonchev–Trinajstić information content (AvgIpc) is 3.21. The lowest BCUT2D eigenvalue weighted by atomic mass is 9.96. The van der Waals surface area contributed by atoms with Crippen LogP contribution < -0.4 is 5.73 Å². The largest absolute Gasteiger partial charge is 0.462 e. The highest BCUT2D eigenvalue weighted by Crippen LogP contribution is 2.47. The summed E-state index contributed by atoms with van der Waals surface area (Å²) in [6, 6.07) is 14.2. The molecule has 4 rings (SSSR count). The summed E-state index contributed by atoms with van der Waals surface area (Å²) in [5.41, 5.74) is 13.5. The van der Waals surface area contributed by atoms with Gasteiger partial charge in [-0.25, -0.2) is 4.79 Å². The number of rotatable bonds is 3. The lowest BCUT2D eigenvalue weighted by Crippen LogP contribution is -2.04. The number of nitrogen functional groups attached to an aromatic ring is 1. The first-order valence-corrected chi connectivity index (χ1v) is 8.83. The van der Waals surface area contributed by atoms with Crippen LogP contribution >= 0.6 is 11.3 Å². The number of carbonyl (C=O) groups excluding carboxylic acids is 1. The molecule has 2 aromatic carbocycles. The Bertz CT molecular complexity index is 943. The number of thiophene rings is 1. The Kier molecular flexibility index (Phi) is 3.62. The molecule has 4 heteroatoms. The van der Waals surface area contributed by atoms with Crippen molar-refractivity contribution in [1.29, 1.82) is 0 Å². The van der Waals surface area contributed by atoms with E-state index in [1.165, 1.54) is 11.1 Å². The molecule has 2 N–H and O–H groups in total. The fourth-order valence-corrected chi connectivity index (χ4v) is 4.26. The first-order chi connectivity index (χ1) is 11.7. The SMILES string of the molecule is CCOC(=O)c1ccsc1-c1ccc(N)c2c1-c1ccccc1C2. The van der Waals surface area contributed by atoms with Crippen molar-refractivity contribution in [3.05, 3.63) is 64.5 Å². The van der Waals surface area contributed by atoms with Gasteiger partial charge in [0.15, 0.2) is 0 Å². The van der Waals surface area contributed by atoms with E-state index in [1.807, 2.05) is 36.6 Å². The van der Waals surface area contributed by atoms with Gasteiger partial charge in [-0.1, -0.05) is 30.3 Å². The molecule has 0 spiro atoms. The molecule has 0 amide bonds. The Labute approximate surface area is 144 Å². The highest BCUT2D eigenvalue weighted by atomic mass is 32.1. The normalized spacial score (nSPS) is 11.9. The molecular weight excluding hydrogens is 318 g/mol. The van der Waals surface area contributed by atoms with Crippen LogP contribution in [0, 0.1) is 0 Å². The number of nitrogens with two attached hydrogens (primary N) is 1. The van der Waals surface area contributed by atoms with E-state index in [4.69, 9.17) is 10.5 Å². The molecule has 1 aliphatic carbocycles. The van der Waals surface area contributed by atoms with Crippen molar-refractivity contribution >= 4 is 23.0 Å². The van der Waals surface area contributed by atoms with E-state index < -0.39 is 0 Å². The van der Waals surface area contributed by atoms with Gasteiger partial charge in [-0.2, -0.15) is 0 Å². The van der Waals surface area contributed by atoms with Gasteiger partial charge in [0.1, 0.15) is 0 Å².